The molecule has 0 atom stereocenters. The Kier molecular flexibility index (Phi) is 4.29. The summed E-state index contributed by atoms with van der Waals surface area (Å²) in [5.74, 6) is -0.153. The number of phenols is 1. The third kappa shape index (κ3) is 2.93. The van der Waals surface area contributed by atoms with E-state index >= 15 is 0 Å². The third-order valence-electron chi connectivity index (χ3n) is 2.97. The average molecular weight is 336 g/mol. The van der Waals surface area contributed by atoms with Gasteiger partial charge < -0.3 is 14.7 Å². The van der Waals surface area contributed by atoms with Crippen LogP contribution in [0.3, 0.4) is 0 Å². The number of hydrogen-bond acceptors (Lipinski definition) is 4. The summed E-state index contributed by atoms with van der Waals surface area (Å²) in [4.78, 5) is 13.3. The van der Waals surface area contributed by atoms with E-state index in [1.165, 1.54) is 7.11 Å². The second-order valence-corrected chi connectivity index (χ2v) is 5.09. The van der Waals surface area contributed by atoms with Crippen LogP contribution in [0.5, 0.6) is 5.75 Å². The Morgan fingerprint density at radius 3 is 2.40 bits per heavy atom. The highest BCUT2D eigenvalue weighted by atomic mass is 79.9. The number of carbonyl (C=O) groups excluding carboxylic acids is 1. The summed E-state index contributed by atoms with van der Waals surface area (Å²) < 4.78 is 5.45. The Hall–Kier alpha value is -2.01. The van der Waals surface area contributed by atoms with Gasteiger partial charge in [-0.2, -0.15) is 0 Å². The maximum absolute atomic E-state index is 11.4. The number of carbonyl (C=O) groups is 1. The molecule has 1 N–H and O–H groups in total. The smallest absolute Gasteiger partial charge is 0.337 e. The number of ether oxygens (including phenoxy) is 1. The number of rotatable bonds is 3. The molecule has 5 heteroatoms. The second-order valence-electron chi connectivity index (χ2n) is 4.23. The van der Waals surface area contributed by atoms with Crippen LogP contribution in [0.25, 0.3) is 0 Å². The monoisotopic (exact) mass is 335 g/mol. The lowest BCUT2D eigenvalue weighted by Crippen LogP contribution is -2.10. The molecule has 0 fully saturated rings. The van der Waals surface area contributed by atoms with E-state index < -0.39 is 0 Å². The molecule has 0 aliphatic heterocycles. The normalized spacial score (nSPS) is 10.2. The lowest BCUT2D eigenvalue weighted by molar-refractivity contribution is 0.0601. The quantitative estimate of drug-likeness (QED) is 0.868. The van der Waals surface area contributed by atoms with Gasteiger partial charge in [0.2, 0.25) is 0 Å². The summed E-state index contributed by atoms with van der Waals surface area (Å²) >= 11 is 3.42. The number of esters is 1. The first-order valence-electron chi connectivity index (χ1n) is 5.93. The van der Waals surface area contributed by atoms with Gasteiger partial charge >= 0.3 is 5.97 Å². The topological polar surface area (TPSA) is 49.8 Å². The summed E-state index contributed by atoms with van der Waals surface area (Å²) in [6, 6.07) is 12.2. The Bertz CT molecular complexity index is 626. The van der Waals surface area contributed by atoms with Crippen LogP contribution >= 0.6 is 15.9 Å². The number of phenolic OH excluding ortho intramolecular Hbond substituents is 1. The number of methoxy groups -OCH3 is 1. The molecule has 0 aliphatic carbocycles. The number of aromatic hydroxyl groups is 1. The minimum Gasteiger partial charge on any atom is -0.508 e. The van der Waals surface area contributed by atoms with E-state index in [0.29, 0.717) is 5.56 Å². The molecular formula is C15H14BrNO3. The molecule has 0 saturated heterocycles. The van der Waals surface area contributed by atoms with Gasteiger partial charge in [0.15, 0.2) is 0 Å². The maximum Gasteiger partial charge on any atom is 0.337 e. The van der Waals surface area contributed by atoms with Gasteiger partial charge in [0.25, 0.3) is 0 Å². The van der Waals surface area contributed by atoms with Crippen LogP contribution in [-0.4, -0.2) is 25.2 Å². The molecule has 0 amide bonds. The number of nitrogens with zero attached hydrogens (tertiary/aromatic N) is 1. The Balaban J connectivity index is 2.29. The van der Waals surface area contributed by atoms with Gasteiger partial charge in [0, 0.05) is 17.2 Å². The van der Waals surface area contributed by atoms with Crippen LogP contribution in [0.15, 0.2) is 46.9 Å². The fourth-order valence-electron chi connectivity index (χ4n) is 1.85. The van der Waals surface area contributed by atoms with E-state index in [2.05, 4.69) is 20.7 Å². The van der Waals surface area contributed by atoms with Crippen molar-refractivity contribution in [2.24, 2.45) is 0 Å². The molecule has 2 rings (SSSR count). The zero-order chi connectivity index (χ0) is 14.7. The van der Waals surface area contributed by atoms with Gasteiger partial charge in [0.05, 0.1) is 18.4 Å². The van der Waals surface area contributed by atoms with Crippen molar-refractivity contribution in [1.82, 2.24) is 0 Å². The third-order valence-corrected chi connectivity index (χ3v) is 3.60. The Morgan fingerprint density at radius 2 is 1.85 bits per heavy atom. The molecule has 0 spiro atoms. The van der Waals surface area contributed by atoms with E-state index in [9.17, 15) is 9.90 Å². The van der Waals surface area contributed by atoms with E-state index in [1.54, 1.807) is 24.3 Å². The summed E-state index contributed by atoms with van der Waals surface area (Å²) in [5, 5.41) is 9.41. The van der Waals surface area contributed by atoms with Gasteiger partial charge in [0.1, 0.15) is 5.75 Å². The Labute approximate surface area is 125 Å². The van der Waals surface area contributed by atoms with Crippen LogP contribution in [0.1, 0.15) is 10.4 Å². The van der Waals surface area contributed by atoms with Crippen molar-refractivity contribution in [1.29, 1.82) is 0 Å². The molecule has 4 nitrogen and oxygen atoms in total. The summed E-state index contributed by atoms with van der Waals surface area (Å²) in [6.07, 6.45) is 0. The summed E-state index contributed by atoms with van der Waals surface area (Å²) in [6.45, 7) is 0. The SMILES string of the molecule is COC(=O)c1ccc(N(C)c2ccc(O)cc2Br)cc1. The first-order chi connectivity index (χ1) is 9.52. The fraction of sp³-hybridized carbons (Fsp3) is 0.133. The van der Waals surface area contributed by atoms with E-state index in [-0.39, 0.29) is 11.7 Å². The maximum atomic E-state index is 11.4. The highest BCUT2D eigenvalue weighted by molar-refractivity contribution is 9.10. The molecule has 0 unspecified atom stereocenters. The Morgan fingerprint density at radius 1 is 1.20 bits per heavy atom. The van der Waals surface area contributed by atoms with Gasteiger partial charge in [-0.25, -0.2) is 4.79 Å². The predicted molar refractivity (Wildman–Crippen MR) is 81.7 cm³/mol. The van der Waals surface area contributed by atoms with Crippen molar-refractivity contribution in [2.75, 3.05) is 19.1 Å². The van der Waals surface area contributed by atoms with Crippen molar-refractivity contribution < 1.29 is 14.6 Å². The summed E-state index contributed by atoms with van der Waals surface area (Å²) in [7, 11) is 3.26. The lowest BCUT2D eigenvalue weighted by Gasteiger charge is -2.21. The number of benzene rings is 2. The highest BCUT2D eigenvalue weighted by Gasteiger charge is 2.10. The molecule has 0 heterocycles. The predicted octanol–water partition coefficient (Wildman–Crippen LogP) is 3.71. The second kappa shape index (κ2) is 5.96. The van der Waals surface area contributed by atoms with E-state index in [0.717, 1.165) is 15.8 Å². The lowest BCUT2D eigenvalue weighted by atomic mass is 10.2. The van der Waals surface area contributed by atoms with Crippen molar-refractivity contribution in [3.05, 3.63) is 52.5 Å². The van der Waals surface area contributed by atoms with Crippen molar-refractivity contribution >= 4 is 33.3 Å². The number of anilines is 2. The minimum absolute atomic E-state index is 0.204. The van der Waals surface area contributed by atoms with Gasteiger partial charge in [-0.3, -0.25) is 0 Å². The number of halogens is 1. The largest absolute Gasteiger partial charge is 0.508 e. The molecule has 2 aromatic carbocycles. The molecule has 0 aromatic heterocycles. The number of hydrogen-bond donors (Lipinski definition) is 1. The van der Waals surface area contributed by atoms with Crippen LogP contribution in [-0.2, 0) is 4.74 Å². The van der Waals surface area contributed by atoms with Gasteiger partial charge in [-0.15, -0.1) is 0 Å². The molecule has 0 saturated carbocycles. The van der Waals surface area contributed by atoms with Crippen molar-refractivity contribution in [3.8, 4) is 5.75 Å². The molecule has 0 bridgehead atoms. The molecule has 0 aliphatic rings. The standard InChI is InChI=1S/C15H14BrNO3/c1-17(14-8-7-12(18)9-13(14)16)11-5-3-10(4-6-11)15(19)20-2/h3-9,18H,1-2H3. The fourth-order valence-corrected chi connectivity index (χ4v) is 2.48. The van der Waals surface area contributed by atoms with Crippen molar-refractivity contribution in [3.63, 3.8) is 0 Å². The van der Waals surface area contributed by atoms with E-state index in [1.807, 2.05) is 30.1 Å². The zero-order valence-corrected chi connectivity index (χ0v) is 12.7. The van der Waals surface area contributed by atoms with Crippen LogP contribution in [0.2, 0.25) is 0 Å². The average Bonchev–Trinajstić information content (AvgIpc) is 2.46. The first-order valence-corrected chi connectivity index (χ1v) is 6.73. The van der Waals surface area contributed by atoms with Gasteiger partial charge in [-0.1, -0.05) is 0 Å². The summed E-state index contributed by atoms with van der Waals surface area (Å²) in [5.41, 5.74) is 2.34. The van der Waals surface area contributed by atoms with E-state index in [4.69, 9.17) is 0 Å². The zero-order valence-electron chi connectivity index (χ0n) is 11.1. The minimum atomic E-state index is -0.356. The van der Waals surface area contributed by atoms with Crippen LogP contribution < -0.4 is 4.90 Å². The molecule has 2 aromatic rings. The molecule has 0 radical (unpaired) electrons. The highest BCUT2D eigenvalue weighted by Crippen LogP contribution is 2.33. The van der Waals surface area contributed by atoms with Crippen LogP contribution in [0.4, 0.5) is 11.4 Å². The molecular weight excluding hydrogens is 322 g/mol. The van der Waals surface area contributed by atoms with Crippen molar-refractivity contribution in [2.45, 2.75) is 0 Å². The molecule has 20 heavy (non-hydrogen) atoms. The molecule has 104 valence electrons. The first kappa shape index (κ1) is 14.4. The van der Waals surface area contributed by atoms with Crippen LogP contribution in [0, 0.1) is 0 Å². The van der Waals surface area contributed by atoms with Gasteiger partial charge in [-0.05, 0) is 58.4 Å².